The van der Waals surface area contributed by atoms with Gasteiger partial charge in [0.1, 0.15) is 11.9 Å². The van der Waals surface area contributed by atoms with E-state index in [-0.39, 0.29) is 12.0 Å². The van der Waals surface area contributed by atoms with Gasteiger partial charge < -0.3 is 19.3 Å². The van der Waals surface area contributed by atoms with Crippen LogP contribution in [0, 0.1) is 0 Å². The van der Waals surface area contributed by atoms with E-state index in [0.29, 0.717) is 37.0 Å². The molecule has 0 saturated carbocycles. The van der Waals surface area contributed by atoms with Gasteiger partial charge in [0.15, 0.2) is 5.69 Å². The second kappa shape index (κ2) is 8.84. The van der Waals surface area contributed by atoms with Gasteiger partial charge in [-0.2, -0.15) is 5.10 Å². The SMILES string of the molecule is COc1ccccc1N1CCN(C(=O)c2cc3n(n2)CC(c2ccc(Cl)cc2)OC3)CC1. The largest absolute Gasteiger partial charge is 0.495 e. The maximum Gasteiger partial charge on any atom is 0.274 e. The van der Waals surface area contributed by atoms with E-state index in [9.17, 15) is 4.79 Å². The number of halogens is 1. The number of aromatic nitrogens is 2. The molecule has 1 fully saturated rings. The quantitative estimate of drug-likeness (QED) is 0.603. The summed E-state index contributed by atoms with van der Waals surface area (Å²) < 4.78 is 13.4. The summed E-state index contributed by atoms with van der Waals surface area (Å²) in [4.78, 5) is 17.3. The van der Waals surface area contributed by atoms with Crippen LogP contribution in [0.5, 0.6) is 5.75 Å². The van der Waals surface area contributed by atoms with Gasteiger partial charge >= 0.3 is 0 Å². The van der Waals surface area contributed by atoms with E-state index in [1.54, 1.807) is 7.11 Å². The van der Waals surface area contributed by atoms with Crippen LogP contribution in [0.4, 0.5) is 5.69 Å². The summed E-state index contributed by atoms with van der Waals surface area (Å²) in [6, 6.07) is 17.5. The number of para-hydroxylation sites is 2. The van der Waals surface area contributed by atoms with Crippen LogP contribution in [0.25, 0.3) is 0 Å². The number of benzene rings is 2. The van der Waals surface area contributed by atoms with Crippen molar-refractivity contribution in [2.24, 2.45) is 0 Å². The number of anilines is 1. The Morgan fingerprint density at radius 1 is 1.09 bits per heavy atom. The molecule has 0 bridgehead atoms. The fraction of sp³-hybridized carbons (Fsp3) is 0.333. The summed E-state index contributed by atoms with van der Waals surface area (Å²) in [6.45, 7) is 3.79. The number of piperazine rings is 1. The molecule has 166 valence electrons. The van der Waals surface area contributed by atoms with Gasteiger partial charge in [-0.1, -0.05) is 35.9 Å². The lowest BCUT2D eigenvalue weighted by Gasteiger charge is -2.36. The van der Waals surface area contributed by atoms with E-state index in [0.717, 1.165) is 35.8 Å². The average molecular weight is 453 g/mol. The molecule has 2 aliphatic heterocycles. The van der Waals surface area contributed by atoms with Crippen LogP contribution in [0.1, 0.15) is 27.8 Å². The Morgan fingerprint density at radius 2 is 1.84 bits per heavy atom. The van der Waals surface area contributed by atoms with Crippen molar-refractivity contribution in [2.75, 3.05) is 38.2 Å². The number of fused-ring (bicyclic) bond motifs is 1. The molecule has 2 aliphatic rings. The zero-order chi connectivity index (χ0) is 22.1. The number of hydrogen-bond acceptors (Lipinski definition) is 5. The van der Waals surface area contributed by atoms with Gasteiger partial charge in [-0.3, -0.25) is 9.48 Å². The van der Waals surface area contributed by atoms with Gasteiger partial charge in [-0.25, -0.2) is 0 Å². The van der Waals surface area contributed by atoms with E-state index < -0.39 is 0 Å². The first-order valence-corrected chi connectivity index (χ1v) is 11.1. The summed E-state index contributed by atoms with van der Waals surface area (Å²) in [5, 5.41) is 5.31. The molecule has 3 aromatic rings. The Bertz CT molecular complexity index is 1110. The summed E-state index contributed by atoms with van der Waals surface area (Å²) >= 11 is 5.99. The Balaban J connectivity index is 1.24. The van der Waals surface area contributed by atoms with Crippen molar-refractivity contribution in [1.82, 2.24) is 14.7 Å². The third kappa shape index (κ3) is 4.06. The van der Waals surface area contributed by atoms with Crippen molar-refractivity contribution in [3.8, 4) is 5.75 Å². The molecule has 0 N–H and O–H groups in total. The molecule has 1 amide bonds. The molecule has 1 saturated heterocycles. The van der Waals surface area contributed by atoms with Gasteiger partial charge in [0, 0.05) is 31.2 Å². The van der Waals surface area contributed by atoms with Crippen molar-refractivity contribution < 1.29 is 14.3 Å². The number of carbonyl (C=O) groups is 1. The number of ether oxygens (including phenoxy) is 2. The highest BCUT2D eigenvalue weighted by Gasteiger charge is 2.28. The minimum atomic E-state index is -0.105. The molecule has 3 heterocycles. The molecule has 1 unspecified atom stereocenters. The minimum absolute atomic E-state index is 0.0328. The summed E-state index contributed by atoms with van der Waals surface area (Å²) in [5.41, 5.74) is 3.51. The lowest BCUT2D eigenvalue weighted by Crippen LogP contribution is -2.49. The normalized spacial score (nSPS) is 18.4. The van der Waals surface area contributed by atoms with Crippen LogP contribution in [0.2, 0.25) is 5.02 Å². The van der Waals surface area contributed by atoms with Crippen LogP contribution in [-0.2, 0) is 17.9 Å². The average Bonchev–Trinajstić information content (AvgIpc) is 3.27. The predicted octanol–water partition coefficient (Wildman–Crippen LogP) is 3.78. The first kappa shape index (κ1) is 20.8. The molecule has 0 aliphatic carbocycles. The minimum Gasteiger partial charge on any atom is -0.495 e. The number of carbonyl (C=O) groups excluding carboxylic acids is 1. The lowest BCUT2D eigenvalue weighted by atomic mass is 10.1. The van der Waals surface area contributed by atoms with Crippen LogP contribution in [-0.4, -0.2) is 53.9 Å². The third-order valence-electron chi connectivity index (χ3n) is 6.09. The Hall–Kier alpha value is -3.03. The van der Waals surface area contributed by atoms with Crippen LogP contribution in [0.3, 0.4) is 0 Å². The van der Waals surface area contributed by atoms with Gasteiger partial charge in [-0.15, -0.1) is 0 Å². The topological polar surface area (TPSA) is 59.8 Å². The fourth-order valence-corrected chi connectivity index (χ4v) is 4.44. The molecule has 0 spiro atoms. The molecule has 1 aromatic heterocycles. The molecular formula is C24H25ClN4O3. The van der Waals surface area contributed by atoms with Crippen molar-refractivity contribution in [2.45, 2.75) is 19.3 Å². The molecule has 8 heteroatoms. The van der Waals surface area contributed by atoms with E-state index in [4.69, 9.17) is 21.1 Å². The number of rotatable bonds is 4. The van der Waals surface area contributed by atoms with E-state index in [1.807, 2.05) is 58.1 Å². The second-order valence-electron chi connectivity index (χ2n) is 8.01. The van der Waals surface area contributed by atoms with Gasteiger partial charge in [0.25, 0.3) is 5.91 Å². The standard InChI is InChI=1S/C24H25ClN4O3/c1-31-22-5-3-2-4-21(22)27-10-12-28(13-11-27)24(30)20-14-19-16-32-23(15-29(19)26-20)17-6-8-18(25)9-7-17/h2-9,14,23H,10-13,15-16H2,1H3. The molecule has 0 radical (unpaired) electrons. The number of nitrogens with zero attached hydrogens (tertiary/aromatic N) is 4. The third-order valence-corrected chi connectivity index (χ3v) is 6.34. The maximum atomic E-state index is 13.1. The smallest absolute Gasteiger partial charge is 0.274 e. The summed E-state index contributed by atoms with van der Waals surface area (Å²) in [6.07, 6.45) is -0.105. The van der Waals surface area contributed by atoms with Crippen molar-refractivity contribution in [3.63, 3.8) is 0 Å². The van der Waals surface area contributed by atoms with Crippen LogP contribution < -0.4 is 9.64 Å². The Kier molecular flexibility index (Phi) is 5.76. The fourth-order valence-electron chi connectivity index (χ4n) is 4.31. The molecule has 1 atom stereocenters. The Labute approximate surface area is 192 Å². The molecule has 32 heavy (non-hydrogen) atoms. The lowest BCUT2D eigenvalue weighted by molar-refractivity contribution is -0.00121. The van der Waals surface area contributed by atoms with Crippen molar-refractivity contribution in [1.29, 1.82) is 0 Å². The molecular weight excluding hydrogens is 428 g/mol. The molecule has 7 nitrogen and oxygen atoms in total. The number of hydrogen-bond donors (Lipinski definition) is 0. The van der Waals surface area contributed by atoms with Gasteiger partial charge in [0.2, 0.25) is 0 Å². The Morgan fingerprint density at radius 3 is 2.59 bits per heavy atom. The monoisotopic (exact) mass is 452 g/mol. The van der Waals surface area contributed by atoms with Gasteiger partial charge in [-0.05, 0) is 35.9 Å². The first-order chi connectivity index (χ1) is 15.6. The maximum absolute atomic E-state index is 13.1. The molecule has 5 rings (SSSR count). The highest BCUT2D eigenvalue weighted by atomic mass is 35.5. The summed E-state index contributed by atoms with van der Waals surface area (Å²) in [7, 11) is 1.68. The highest BCUT2D eigenvalue weighted by Crippen LogP contribution is 2.30. The highest BCUT2D eigenvalue weighted by molar-refractivity contribution is 6.30. The number of amides is 1. The predicted molar refractivity (Wildman–Crippen MR) is 122 cm³/mol. The van der Waals surface area contributed by atoms with E-state index in [2.05, 4.69) is 16.1 Å². The first-order valence-electron chi connectivity index (χ1n) is 10.7. The molecule has 2 aromatic carbocycles. The number of methoxy groups -OCH3 is 1. The van der Waals surface area contributed by atoms with E-state index >= 15 is 0 Å². The zero-order valence-electron chi connectivity index (χ0n) is 17.9. The van der Waals surface area contributed by atoms with Crippen LogP contribution in [0.15, 0.2) is 54.6 Å². The second-order valence-corrected chi connectivity index (χ2v) is 8.44. The zero-order valence-corrected chi connectivity index (χ0v) is 18.7. The van der Waals surface area contributed by atoms with Crippen LogP contribution >= 0.6 is 11.6 Å². The van der Waals surface area contributed by atoms with E-state index in [1.165, 1.54) is 0 Å². The van der Waals surface area contributed by atoms with Crippen molar-refractivity contribution >= 4 is 23.2 Å². The van der Waals surface area contributed by atoms with Crippen molar-refractivity contribution in [3.05, 3.63) is 76.6 Å². The summed E-state index contributed by atoms with van der Waals surface area (Å²) in [5.74, 6) is 0.818. The van der Waals surface area contributed by atoms with Gasteiger partial charge in [0.05, 0.1) is 31.6 Å².